The maximum atomic E-state index is 11.2. The van der Waals surface area contributed by atoms with Gasteiger partial charge in [0.15, 0.2) is 5.78 Å². The van der Waals surface area contributed by atoms with E-state index in [9.17, 15) is 4.79 Å². The van der Waals surface area contributed by atoms with Crippen molar-refractivity contribution in [3.05, 3.63) is 44.2 Å². The highest BCUT2D eigenvalue weighted by Crippen LogP contribution is 2.37. The first kappa shape index (κ1) is 12.9. The van der Waals surface area contributed by atoms with Crippen LogP contribution in [0.3, 0.4) is 0 Å². The van der Waals surface area contributed by atoms with Crippen molar-refractivity contribution >= 4 is 51.9 Å². The summed E-state index contributed by atoms with van der Waals surface area (Å²) in [6.45, 7) is 1.54. The Balaban J connectivity index is 2.49. The van der Waals surface area contributed by atoms with Crippen molar-refractivity contribution in [3.8, 4) is 10.4 Å². The van der Waals surface area contributed by atoms with Crippen LogP contribution >= 0.6 is 46.1 Å². The third kappa shape index (κ3) is 2.66. The van der Waals surface area contributed by atoms with Crippen LogP contribution in [0.2, 0.25) is 15.1 Å². The first-order valence-electron chi connectivity index (χ1n) is 4.74. The number of hydrogen-bond acceptors (Lipinski definition) is 2. The molecule has 0 saturated heterocycles. The molecule has 0 unspecified atom stereocenters. The van der Waals surface area contributed by atoms with Gasteiger partial charge in [0.2, 0.25) is 0 Å². The average molecular weight is 306 g/mol. The molecule has 5 heteroatoms. The number of carbonyl (C=O) groups excluding carboxylic acids is 1. The smallest absolute Gasteiger partial charge is 0.169 e. The summed E-state index contributed by atoms with van der Waals surface area (Å²) in [7, 11) is 0. The summed E-state index contributed by atoms with van der Waals surface area (Å²) >= 11 is 19.2. The monoisotopic (exact) mass is 304 g/mol. The van der Waals surface area contributed by atoms with Crippen LogP contribution in [0, 0.1) is 0 Å². The molecule has 0 bridgehead atoms. The summed E-state index contributed by atoms with van der Waals surface area (Å²) in [6, 6.07) is 7.15. The molecular formula is C12H7Cl3OS. The van der Waals surface area contributed by atoms with E-state index in [0.717, 1.165) is 10.4 Å². The lowest BCUT2D eigenvalue weighted by atomic mass is 10.2. The maximum absolute atomic E-state index is 11.2. The van der Waals surface area contributed by atoms with Crippen LogP contribution in [-0.2, 0) is 0 Å². The van der Waals surface area contributed by atoms with Gasteiger partial charge in [0.1, 0.15) is 0 Å². The fourth-order valence-corrected chi connectivity index (χ4v) is 2.86. The largest absolute Gasteiger partial charge is 0.294 e. The molecule has 17 heavy (non-hydrogen) atoms. The third-order valence-electron chi connectivity index (χ3n) is 2.22. The number of halogens is 3. The van der Waals surface area contributed by atoms with Gasteiger partial charge in [0.05, 0.1) is 19.9 Å². The molecule has 2 aromatic rings. The van der Waals surface area contributed by atoms with Crippen LogP contribution in [-0.4, -0.2) is 5.78 Å². The molecule has 1 aromatic heterocycles. The van der Waals surface area contributed by atoms with E-state index in [1.54, 1.807) is 18.2 Å². The quantitative estimate of drug-likeness (QED) is 0.523. The summed E-state index contributed by atoms with van der Waals surface area (Å²) in [4.78, 5) is 12.9. The van der Waals surface area contributed by atoms with Gasteiger partial charge in [-0.15, -0.1) is 11.3 Å². The zero-order valence-corrected chi connectivity index (χ0v) is 11.8. The van der Waals surface area contributed by atoms with Crippen LogP contribution < -0.4 is 0 Å². The lowest BCUT2D eigenvalue weighted by molar-refractivity contribution is 0.102. The first-order chi connectivity index (χ1) is 7.99. The van der Waals surface area contributed by atoms with Gasteiger partial charge in [0, 0.05) is 4.88 Å². The topological polar surface area (TPSA) is 17.1 Å². The van der Waals surface area contributed by atoms with Crippen LogP contribution in [0.1, 0.15) is 16.6 Å². The summed E-state index contributed by atoms with van der Waals surface area (Å²) in [5.41, 5.74) is 0.863. The molecule has 0 fully saturated rings. The minimum absolute atomic E-state index is 0.0485. The minimum Gasteiger partial charge on any atom is -0.294 e. The zero-order valence-electron chi connectivity index (χ0n) is 8.76. The third-order valence-corrected chi connectivity index (χ3v) is 4.65. The van der Waals surface area contributed by atoms with Crippen molar-refractivity contribution in [3.63, 3.8) is 0 Å². The molecule has 0 N–H and O–H groups in total. The van der Waals surface area contributed by atoms with E-state index in [0.29, 0.717) is 19.9 Å². The lowest BCUT2D eigenvalue weighted by Gasteiger charge is -2.03. The number of Topliss-reactive ketones (excluding diaryl/α,β-unsaturated/α-hetero) is 1. The fourth-order valence-electron chi connectivity index (χ4n) is 1.38. The van der Waals surface area contributed by atoms with Gasteiger partial charge >= 0.3 is 0 Å². The zero-order chi connectivity index (χ0) is 12.6. The molecule has 1 heterocycles. The van der Waals surface area contributed by atoms with E-state index in [1.165, 1.54) is 18.3 Å². The molecule has 0 spiro atoms. The normalized spacial score (nSPS) is 10.6. The van der Waals surface area contributed by atoms with Gasteiger partial charge in [-0.05, 0) is 36.8 Å². The van der Waals surface area contributed by atoms with Crippen molar-refractivity contribution < 1.29 is 4.79 Å². The maximum Gasteiger partial charge on any atom is 0.169 e. The molecule has 0 aliphatic heterocycles. The average Bonchev–Trinajstić information content (AvgIpc) is 2.74. The van der Waals surface area contributed by atoms with Crippen molar-refractivity contribution in [1.82, 2.24) is 0 Å². The Kier molecular flexibility index (Phi) is 3.79. The predicted octanol–water partition coefficient (Wildman–Crippen LogP) is 5.58. The van der Waals surface area contributed by atoms with Crippen molar-refractivity contribution in [1.29, 1.82) is 0 Å². The van der Waals surface area contributed by atoms with E-state index < -0.39 is 0 Å². The molecule has 0 amide bonds. The van der Waals surface area contributed by atoms with Gasteiger partial charge in [-0.25, -0.2) is 0 Å². The number of carbonyl (C=O) groups is 1. The molecule has 0 aliphatic rings. The molecular weight excluding hydrogens is 299 g/mol. The number of benzene rings is 1. The van der Waals surface area contributed by atoms with Gasteiger partial charge in [-0.3, -0.25) is 4.79 Å². The molecule has 0 saturated carbocycles. The minimum atomic E-state index is 0.0485. The van der Waals surface area contributed by atoms with Gasteiger partial charge in [-0.2, -0.15) is 0 Å². The number of ketones is 1. The summed E-state index contributed by atoms with van der Waals surface area (Å²) in [6.07, 6.45) is 0. The van der Waals surface area contributed by atoms with Crippen molar-refractivity contribution in [2.45, 2.75) is 6.92 Å². The van der Waals surface area contributed by atoms with Crippen LogP contribution in [0.25, 0.3) is 10.4 Å². The van der Waals surface area contributed by atoms with Crippen LogP contribution in [0.15, 0.2) is 24.3 Å². The Labute approximate surface area is 118 Å². The van der Waals surface area contributed by atoms with E-state index in [-0.39, 0.29) is 5.78 Å². The number of thiophene rings is 1. The van der Waals surface area contributed by atoms with E-state index in [1.807, 2.05) is 6.07 Å². The Bertz CT molecular complexity index is 566. The Morgan fingerprint density at radius 1 is 1.12 bits per heavy atom. The second kappa shape index (κ2) is 4.99. The predicted molar refractivity (Wildman–Crippen MR) is 74.8 cm³/mol. The highest BCUT2D eigenvalue weighted by molar-refractivity contribution is 7.17. The van der Waals surface area contributed by atoms with Crippen LogP contribution in [0.4, 0.5) is 0 Å². The molecule has 1 aromatic carbocycles. The van der Waals surface area contributed by atoms with E-state index in [4.69, 9.17) is 34.8 Å². The Hall–Kier alpha value is -0.540. The summed E-state index contributed by atoms with van der Waals surface area (Å²) in [5, 5.41) is 1.17. The molecule has 0 radical (unpaired) electrons. The highest BCUT2D eigenvalue weighted by atomic mass is 35.5. The highest BCUT2D eigenvalue weighted by Gasteiger charge is 2.10. The van der Waals surface area contributed by atoms with Gasteiger partial charge in [-0.1, -0.05) is 34.8 Å². The molecule has 1 nitrogen and oxygen atoms in total. The second-order valence-corrected chi connectivity index (χ2v) is 5.75. The summed E-state index contributed by atoms with van der Waals surface area (Å²) < 4.78 is 0. The second-order valence-electron chi connectivity index (χ2n) is 3.47. The lowest BCUT2D eigenvalue weighted by Crippen LogP contribution is -1.83. The van der Waals surface area contributed by atoms with Gasteiger partial charge in [0.25, 0.3) is 0 Å². The molecule has 0 aliphatic carbocycles. The van der Waals surface area contributed by atoms with Gasteiger partial charge < -0.3 is 0 Å². The van der Waals surface area contributed by atoms with Crippen molar-refractivity contribution in [2.24, 2.45) is 0 Å². The Morgan fingerprint density at radius 3 is 2.18 bits per heavy atom. The summed E-state index contributed by atoms with van der Waals surface area (Å²) in [5.74, 6) is 0.0485. The van der Waals surface area contributed by atoms with Crippen molar-refractivity contribution in [2.75, 3.05) is 0 Å². The molecule has 2 rings (SSSR count). The number of hydrogen-bond donors (Lipinski definition) is 0. The SMILES string of the molecule is CC(=O)c1ccc(-c2cc(Cl)c(Cl)c(Cl)c2)s1. The standard InChI is InChI=1S/C12H7Cl3OS/c1-6(16)10-2-3-11(17-10)7-4-8(13)12(15)9(14)5-7/h2-5H,1H3. The van der Waals surface area contributed by atoms with Crippen LogP contribution in [0.5, 0.6) is 0 Å². The molecule has 88 valence electrons. The first-order valence-corrected chi connectivity index (χ1v) is 6.70. The molecule has 0 atom stereocenters. The fraction of sp³-hybridized carbons (Fsp3) is 0.0833. The number of rotatable bonds is 2. The van der Waals surface area contributed by atoms with E-state index in [2.05, 4.69) is 0 Å². The Morgan fingerprint density at radius 2 is 1.71 bits per heavy atom. The van der Waals surface area contributed by atoms with E-state index >= 15 is 0 Å².